The van der Waals surface area contributed by atoms with E-state index in [0.29, 0.717) is 0 Å². The summed E-state index contributed by atoms with van der Waals surface area (Å²) in [6, 6.07) is 14.3. The summed E-state index contributed by atoms with van der Waals surface area (Å²) < 4.78 is 5.40. The maximum absolute atomic E-state index is 6.61. The van der Waals surface area contributed by atoms with Gasteiger partial charge in [0.1, 0.15) is 5.75 Å². The molecule has 0 saturated carbocycles. The summed E-state index contributed by atoms with van der Waals surface area (Å²) in [5, 5.41) is -0.180. The van der Waals surface area contributed by atoms with Crippen LogP contribution in [0.5, 0.6) is 5.75 Å². The van der Waals surface area contributed by atoms with Crippen LogP contribution in [0.15, 0.2) is 42.5 Å². The molecule has 0 aliphatic rings. The summed E-state index contributed by atoms with van der Waals surface area (Å²) in [5.41, 5.74) is 4.53. The number of rotatable bonds is 3. The first-order chi connectivity index (χ1) is 8.63. The highest BCUT2D eigenvalue weighted by atomic mass is 35.5. The molecule has 0 radical (unpaired) electrons. The van der Waals surface area contributed by atoms with Crippen LogP contribution in [0.1, 0.15) is 27.6 Å². The lowest BCUT2D eigenvalue weighted by atomic mass is 9.98. The first kappa shape index (κ1) is 13.0. The number of benzene rings is 2. The lowest BCUT2D eigenvalue weighted by Gasteiger charge is -2.17. The predicted octanol–water partition coefficient (Wildman–Crippen LogP) is 4.64. The van der Waals surface area contributed by atoms with Crippen LogP contribution in [0, 0.1) is 13.8 Å². The van der Waals surface area contributed by atoms with Crippen molar-refractivity contribution in [2.45, 2.75) is 19.2 Å². The molecule has 0 fully saturated rings. The van der Waals surface area contributed by atoms with Crippen LogP contribution in [0.2, 0.25) is 0 Å². The molecule has 0 aliphatic carbocycles. The number of hydrogen-bond acceptors (Lipinski definition) is 1. The summed E-state index contributed by atoms with van der Waals surface area (Å²) in [7, 11) is 1.68. The van der Waals surface area contributed by atoms with Crippen molar-refractivity contribution in [2.75, 3.05) is 7.11 Å². The summed E-state index contributed by atoms with van der Waals surface area (Å²) in [6.45, 7) is 4.14. The van der Waals surface area contributed by atoms with Crippen molar-refractivity contribution in [1.29, 1.82) is 0 Å². The van der Waals surface area contributed by atoms with Crippen molar-refractivity contribution in [1.82, 2.24) is 0 Å². The van der Waals surface area contributed by atoms with E-state index in [-0.39, 0.29) is 5.38 Å². The van der Waals surface area contributed by atoms with Crippen molar-refractivity contribution in [3.05, 3.63) is 64.7 Å². The van der Waals surface area contributed by atoms with Gasteiger partial charge in [0, 0.05) is 5.56 Å². The smallest absolute Gasteiger partial charge is 0.123 e. The minimum Gasteiger partial charge on any atom is -0.496 e. The summed E-state index contributed by atoms with van der Waals surface area (Å²) in [6.07, 6.45) is 0. The molecule has 0 saturated heterocycles. The summed E-state index contributed by atoms with van der Waals surface area (Å²) in [5.74, 6) is 0.837. The van der Waals surface area contributed by atoms with Gasteiger partial charge in [-0.1, -0.05) is 42.0 Å². The van der Waals surface area contributed by atoms with Crippen LogP contribution in [-0.4, -0.2) is 7.11 Å². The molecule has 2 rings (SSSR count). The second kappa shape index (κ2) is 5.45. The fraction of sp³-hybridized carbons (Fsp3) is 0.250. The SMILES string of the molecule is COc1ccc(C)cc1C(Cl)c1ccccc1C. The van der Waals surface area contributed by atoms with Gasteiger partial charge in [0.25, 0.3) is 0 Å². The van der Waals surface area contributed by atoms with Gasteiger partial charge >= 0.3 is 0 Å². The van der Waals surface area contributed by atoms with E-state index >= 15 is 0 Å². The molecule has 1 nitrogen and oxygen atoms in total. The standard InChI is InChI=1S/C16H17ClO/c1-11-8-9-15(18-3)14(10-11)16(17)13-7-5-4-6-12(13)2/h4-10,16H,1-3H3. The maximum Gasteiger partial charge on any atom is 0.123 e. The number of hydrogen-bond donors (Lipinski definition) is 0. The molecular formula is C16H17ClO. The van der Waals surface area contributed by atoms with E-state index < -0.39 is 0 Å². The Balaban J connectivity index is 2.48. The Kier molecular flexibility index (Phi) is 3.93. The molecule has 1 atom stereocenters. The highest BCUT2D eigenvalue weighted by molar-refractivity contribution is 6.23. The van der Waals surface area contributed by atoms with Gasteiger partial charge in [-0.25, -0.2) is 0 Å². The quantitative estimate of drug-likeness (QED) is 0.731. The number of alkyl halides is 1. The molecule has 2 aromatic rings. The van der Waals surface area contributed by atoms with E-state index in [2.05, 4.69) is 32.0 Å². The number of ether oxygens (including phenoxy) is 1. The van der Waals surface area contributed by atoms with Crippen molar-refractivity contribution in [3.63, 3.8) is 0 Å². The molecule has 18 heavy (non-hydrogen) atoms. The van der Waals surface area contributed by atoms with Gasteiger partial charge < -0.3 is 4.74 Å². The van der Waals surface area contributed by atoms with Gasteiger partial charge in [-0.05, 0) is 31.0 Å². The molecule has 0 heterocycles. The van der Waals surface area contributed by atoms with E-state index in [0.717, 1.165) is 16.9 Å². The Hall–Kier alpha value is -1.47. The zero-order valence-electron chi connectivity index (χ0n) is 10.9. The van der Waals surface area contributed by atoms with Crippen molar-refractivity contribution >= 4 is 11.6 Å². The third-order valence-corrected chi connectivity index (χ3v) is 3.59. The first-order valence-corrected chi connectivity index (χ1v) is 6.41. The van der Waals surface area contributed by atoms with E-state index in [1.165, 1.54) is 11.1 Å². The summed E-state index contributed by atoms with van der Waals surface area (Å²) >= 11 is 6.61. The minimum absolute atomic E-state index is 0.180. The molecule has 94 valence electrons. The Bertz CT molecular complexity index is 549. The van der Waals surface area contributed by atoms with Gasteiger partial charge in [0.15, 0.2) is 0 Å². The third-order valence-electron chi connectivity index (χ3n) is 3.12. The molecule has 2 aromatic carbocycles. The van der Waals surface area contributed by atoms with Gasteiger partial charge in [0.2, 0.25) is 0 Å². The van der Waals surface area contributed by atoms with Crippen LogP contribution in [0.25, 0.3) is 0 Å². The average Bonchev–Trinajstić information content (AvgIpc) is 2.38. The molecule has 0 amide bonds. The number of aryl methyl sites for hydroxylation is 2. The topological polar surface area (TPSA) is 9.23 Å². The van der Waals surface area contributed by atoms with Gasteiger partial charge in [-0.2, -0.15) is 0 Å². The molecule has 1 unspecified atom stereocenters. The van der Waals surface area contributed by atoms with Crippen LogP contribution in [0.4, 0.5) is 0 Å². The van der Waals surface area contributed by atoms with Gasteiger partial charge in [-0.15, -0.1) is 11.6 Å². The highest BCUT2D eigenvalue weighted by Crippen LogP contribution is 2.36. The van der Waals surface area contributed by atoms with E-state index in [1.54, 1.807) is 7.11 Å². The van der Waals surface area contributed by atoms with Crippen LogP contribution in [0.3, 0.4) is 0 Å². The Morgan fingerprint density at radius 1 is 1.00 bits per heavy atom. The van der Waals surface area contributed by atoms with Crippen molar-refractivity contribution in [3.8, 4) is 5.75 Å². The average molecular weight is 261 g/mol. The zero-order valence-corrected chi connectivity index (χ0v) is 11.7. The van der Waals surface area contributed by atoms with Crippen molar-refractivity contribution in [2.24, 2.45) is 0 Å². The lowest BCUT2D eigenvalue weighted by Crippen LogP contribution is -2.00. The Labute approximate surface area is 113 Å². The second-order valence-electron chi connectivity index (χ2n) is 4.46. The predicted molar refractivity (Wildman–Crippen MR) is 76.6 cm³/mol. The fourth-order valence-electron chi connectivity index (χ4n) is 2.09. The largest absolute Gasteiger partial charge is 0.496 e. The van der Waals surface area contributed by atoms with E-state index in [9.17, 15) is 0 Å². The van der Waals surface area contributed by atoms with Crippen LogP contribution < -0.4 is 4.74 Å². The molecular weight excluding hydrogens is 244 g/mol. The monoisotopic (exact) mass is 260 g/mol. The fourth-order valence-corrected chi connectivity index (χ4v) is 2.51. The Morgan fingerprint density at radius 3 is 2.39 bits per heavy atom. The normalized spacial score (nSPS) is 12.2. The molecule has 0 aromatic heterocycles. The molecule has 0 bridgehead atoms. The van der Waals surface area contributed by atoms with Crippen LogP contribution in [-0.2, 0) is 0 Å². The molecule has 2 heteroatoms. The van der Waals surface area contributed by atoms with Crippen LogP contribution >= 0.6 is 11.6 Å². The van der Waals surface area contributed by atoms with Crippen molar-refractivity contribution < 1.29 is 4.74 Å². The zero-order chi connectivity index (χ0) is 13.1. The minimum atomic E-state index is -0.180. The molecule has 0 N–H and O–H groups in total. The van der Waals surface area contributed by atoms with E-state index in [1.807, 2.05) is 24.3 Å². The molecule has 0 aliphatic heterocycles. The highest BCUT2D eigenvalue weighted by Gasteiger charge is 2.17. The number of methoxy groups -OCH3 is 1. The van der Waals surface area contributed by atoms with Gasteiger partial charge in [-0.3, -0.25) is 0 Å². The van der Waals surface area contributed by atoms with Gasteiger partial charge in [0.05, 0.1) is 12.5 Å². The Morgan fingerprint density at radius 2 is 1.72 bits per heavy atom. The molecule has 0 spiro atoms. The lowest BCUT2D eigenvalue weighted by molar-refractivity contribution is 0.410. The summed E-state index contributed by atoms with van der Waals surface area (Å²) in [4.78, 5) is 0. The maximum atomic E-state index is 6.61. The first-order valence-electron chi connectivity index (χ1n) is 5.97. The second-order valence-corrected chi connectivity index (χ2v) is 4.90. The third kappa shape index (κ3) is 2.51. The number of halogens is 1. The van der Waals surface area contributed by atoms with E-state index in [4.69, 9.17) is 16.3 Å².